The van der Waals surface area contributed by atoms with Crippen molar-refractivity contribution in [2.24, 2.45) is 0 Å². The monoisotopic (exact) mass is 1010 g/mol. The Hall–Kier alpha value is -5.40. The number of hydrogen-bond acceptors (Lipinski definition) is 11. The number of ether oxygens (including phenoxy) is 5. The van der Waals surface area contributed by atoms with Crippen LogP contribution in [0.25, 0.3) is 0 Å². The summed E-state index contributed by atoms with van der Waals surface area (Å²) in [7, 11) is 0. The molecule has 406 valence electrons. The lowest BCUT2D eigenvalue weighted by Crippen LogP contribution is -2.61. The van der Waals surface area contributed by atoms with Crippen LogP contribution in [0.3, 0.4) is 0 Å². The van der Waals surface area contributed by atoms with Gasteiger partial charge < -0.3 is 39.0 Å². The van der Waals surface area contributed by atoms with Crippen LogP contribution in [0.2, 0.25) is 0 Å². The third kappa shape index (κ3) is 37.9. The van der Waals surface area contributed by atoms with Crippen molar-refractivity contribution in [1.29, 1.82) is 0 Å². The van der Waals surface area contributed by atoms with E-state index < -0.39 is 67.3 Å². The van der Waals surface area contributed by atoms with Gasteiger partial charge in [0.15, 0.2) is 24.6 Å². The summed E-state index contributed by atoms with van der Waals surface area (Å²) in [5, 5.41) is 31.4. The Morgan fingerprint density at radius 1 is 0.452 bits per heavy atom. The molecule has 0 amide bonds. The molecule has 12 nitrogen and oxygen atoms in total. The van der Waals surface area contributed by atoms with Crippen molar-refractivity contribution in [1.82, 2.24) is 0 Å². The summed E-state index contributed by atoms with van der Waals surface area (Å²) in [6.45, 7) is 5.48. The van der Waals surface area contributed by atoms with Crippen LogP contribution in [0.1, 0.15) is 162 Å². The minimum Gasteiger partial charge on any atom is -0.479 e. The molecular weight excluding hydrogens is 925 g/mol. The molecule has 1 aliphatic rings. The highest BCUT2D eigenvalue weighted by atomic mass is 16.7. The number of hydrogen-bond donors (Lipinski definition) is 3. The van der Waals surface area contributed by atoms with Crippen LogP contribution in [0.4, 0.5) is 0 Å². The van der Waals surface area contributed by atoms with Crippen molar-refractivity contribution in [3.05, 3.63) is 146 Å². The average molecular weight is 1020 g/mol. The normalized spacial score (nSPS) is 19.5. The van der Waals surface area contributed by atoms with Gasteiger partial charge in [-0.15, -0.1) is 0 Å². The molecule has 0 saturated carbocycles. The predicted octanol–water partition coefficient (Wildman–Crippen LogP) is 13.2. The number of rotatable bonds is 42. The van der Waals surface area contributed by atoms with Crippen LogP contribution in [0.5, 0.6) is 0 Å². The number of carboxylic acid groups (broad SMARTS) is 1. The quantitative estimate of drug-likeness (QED) is 0.0229. The molecule has 3 N–H and O–H groups in total. The van der Waals surface area contributed by atoms with Crippen molar-refractivity contribution in [3.8, 4) is 0 Å². The van der Waals surface area contributed by atoms with E-state index in [2.05, 4.69) is 142 Å². The van der Waals surface area contributed by atoms with Crippen LogP contribution < -0.4 is 0 Å². The fourth-order valence-corrected chi connectivity index (χ4v) is 6.89. The van der Waals surface area contributed by atoms with Gasteiger partial charge in [-0.05, 0) is 122 Å². The molecule has 73 heavy (non-hydrogen) atoms. The molecule has 1 heterocycles. The first kappa shape index (κ1) is 65.6. The maximum atomic E-state index is 13.1. The molecule has 0 aromatic rings. The number of aliphatic hydroxyl groups is 2. The van der Waals surface area contributed by atoms with E-state index >= 15 is 0 Å². The first-order chi connectivity index (χ1) is 35.6. The van der Waals surface area contributed by atoms with Gasteiger partial charge in [-0.1, -0.05) is 167 Å². The van der Waals surface area contributed by atoms with E-state index in [0.717, 1.165) is 89.9 Å². The molecule has 0 bridgehead atoms. The second-order valence-electron chi connectivity index (χ2n) is 17.4. The molecule has 1 fully saturated rings. The second-order valence-corrected chi connectivity index (χ2v) is 17.4. The van der Waals surface area contributed by atoms with Gasteiger partial charge in [0, 0.05) is 19.3 Å². The molecule has 0 aromatic heterocycles. The average Bonchev–Trinajstić information content (AvgIpc) is 3.37. The number of unbranched alkanes of at least 4 members (excludes halogenated alkanes) is 4. The lowest BCUT2D eigenvalue weighted by molar-refractivity contribution is -0.301. The van der Waals surface area contributed by atoms with Gasteiger partial charge in [0.25, 0.3) is 0 Å². The largest absolute Gasteiger partial charge is 0.479 e. The molecule has 6 unspecified atom stereocenters. The van der Waals surface area contributed by atoms with E-state index in [9.17, 15) is 34.5 Å². The Balaban J connectivity index is 2.83. The van der Waals surface area contributed by atoms with E-state index in [-0.39, 0.29) is 25.9 Å². The highest BCUT2D eigenvalue weighted by molar-refractivity contribution is 5.74. The summed E-state index contributed by atoms with van der Waals surface area (Å²) < 4.78 is 28.1. The minimum atomic E-state index is -1.94. The number of carbonyl (C=O) groups excluding carboxylic acids is 3. The standard InChI is InChI=1S/C61H90O12/c1-4-7-10-13-16-19-22-25-27-30-32-35-38-41-44-47-53(62)69-50-52(71-54(63)48-45-42-39-36-33-29-24-21-18-15-12-9-6-3)51-70-61-59(57(66)56(65)58(73-61)60(67)68)72-55(64)49-46-43-40-37-34-31-28-26-23-20-17-14-11-8-5-2/h7-12,16-21,25-29,32-35,37,39,42,52,56-59,61,65-66H,4-6,13-15,22-24,30-31,36,38,40-41,43-51H2,1-3H3,(H,67,68)/b10-7-,11-8-,12-9-,19-16-,20-17-,21-18-,27-25-,28-26-,33-29-,35-32-,37-34-,42-39-. The summed E-state index contributed by atoms with van der Waals surface area (Å²) in [6, 6.07) is 0. The van der Waals surface area contributed by atoms with E-state index in [1.807, 2.05) is 24.3 Å². The van der Waals surface area contributed by atoms with Crippen LogP contribution in [0, 0.1) is 0 Å². The van der Waals surface area contributed by atoms with Crippen LogP contribution >= 0.6 is 0 Å². The molecule has 0 aromatic carbocycles. The number of aliphatic carboxylic acids is 1. The van der Waals surface area contributed by atoms with E-state index in [0.29, 0.717) is 32.1 Å². The maximum absolute atomic E-state index is 13.1. The van der Waals surface area contributed by atoms with Gasteiger partial charge in [-0.2, -0.15) is 0 Å². The molecule has 1 aliphatic heterocycles. The van der Waals surface area contributed by atoms with Crippen molar-refractivity contribution in [3.63, 3.8) is 0 Å². The summed E-state index contributed by atoms with van der Waals surface area (Å²) >= 11 is 0. The van der Waals surface area contributed by atoms with Crippen LogP contribution in [-0.2, 0) is 42.9 Å². The SMILES string of the molecule is CC/C=C\C/C=C\C/C=C\C/C=C\CCCCC(=O)OCC(COC1OC(C(=O)O)C(O)C(O)C1OC(=O)CCCC/C=C\C/C=C\C/C=C\C/C=C\CC)OC(=O)CC/C=C\C/C=C\C/C=C\C/C=C\CC. The molecule has 0 radical (unpaired) electrons. The maximum Gasteiger partial charge on any atom is 0.335 e. The van der Waals surface area contributed by atoms with Crippen molar-refractivity contribution in [2.75, 3.05) is 13.2 Å². The summed E-state index contributed by atoms with van der Waals surface area (Å²) in [4.78, 5) is 50.9. The van der Waals surface area contributed by atoms with E-state index in [1.54, 1.807) is 0 Å². The fourth-order valence-electron chi connectivity index (χ4n) is 6.89. The molecular formula is C61H90O12. The Morgan fingerprint density at radius 2 is 0.836 bits per heavy atom. The van der Waals surface area contributed by atoms with Crippen LogP contribution in [0.15, 0.2) is 146 Å². The van der Waals surface area contributed by atoms with Crippen molar-refractivity contribution in [2.45, 2.75) is 199 Å². The van der Waals surface area contributed by atoms with Gasteiger partial charge in [0.1, 0.15) is 18.8 Å². The zero-order chi connectivity index (χ0) is 53.3. The molecule has 1 rings (SSSR count). The predicted molar refractivity (Wildman–Crippen MR) is 293 cm³/mol. The third-order valence-corrected chi connectivity index (χ3v) is 10.9. The topological polar surface area (TPSA) is 175 Å². The number of aliphatic hydroxyl groups excluding tert-OH is 2. The summed E-state index contributed by atoms with van der Waals surface area (Å²) in [6.07, 6.45) is 55.7. The van der Waals surface area contributed by atoms with E-state index in [4.69, 9.17) is 23.7 Å². The minimum absolute atomic E-state index is 0.0131. The first-order valence-electron chi connectivity index (χ1n) is 26.8. The zero-order valence-electron chi connectivity index (χ0n) is 44.3. The molecule has 0 spiro atoms. The second kappa shape index (κ2) is 47.6. The lowest BCUT2D eigenvalue weighted by atomic mass is 9.98. The summed E-state index contributed by atoms with van der Waals surface area (Å²) in [5.74, 6) is -3.38. The Kier molecular flexibility index (Phi) is 42.8. The lowest BCUT2D eigenvalue weighted by Gasteiger charge is -2.40. The first-order valence-corrected chi connectivity index (χ1v) is 26.8. The van der Waals surface area contributed by atoms with Gasteiger partial charge in [-0.3, -0.25) is 14.4 Å². The Labute approximate surface area is 438 Å². The molecule has 12 heteroatoms. The Morgan fingerprint density at radius 3 is 1.25 bits per heavy atom. The molecule has 0 aliphatic carbocycles. The smallest absolute Gasteiger partial charge is 0.335 e. The highest BCUT2D eigenvalue weighted by Crippen LogP contribution is 2.26. The van der Waals surface area contributed by atoms with Gasteiger partial charge >= 0.3 is 23.9 Å². The highest BCUT2D eigenvalue weighted by Gasteiger charge is 2.50. The number of esters is 3. The van der Waals surface area contributed by atoms with Crippen LogP contribution in [-0.4, -0.2) is 89.2 Å². The van der Waals surface area contributed by atoms with Gasteiger partial charge in [0.05, 0.1) is 6.61 Å². The van der Waals surface area contributed by atoms with Crippen molar-refractivity contribution < 1.29 is 58.2 Å². The van der Waals surface area contributed by atoms with Gasteiger partial charge in [-0.25, -0.2) is 4.79 Å². The number of carboxylic acids is 1. The van der Waals surface area contributed by atoms with E-state index in [1.165, 1.54) is 0 Å². The third-order valence-electron chi connectivity index (χ3n) is 10.9. The van der Waals surface area contributed by atoms with Crippen molar-refractivity contribution >= 4 is 23.9 Å². The molecule has 1 saturated heterocycles. The zero-order valence-corrected chi connectivity index (χ0v) is 44.3. The summed E-state index contributed by atoms with van der Waals surface area (Å²) in [5.41, 5.74) is 0. The fraction of sp³-hybridized carbons (Fsp3) is 0.541. The number of carbonyl (C=O) groups is 4. The van der Waals surface area contributed by atoms with Gasteiger partial charge in [0.2, 0.25) is 0 Å². The number of allylic oxidation sites excluding steroid dienone is 24. The Bertz CT molecular complexity index is 1830. The molecule has 6 atom stereocenters.